The maximum absolute atomic E-state index is 5.92. The molecule has 0 N–H and O–H groups in total. The van der Waals surface area contributed by atoms with Crippen molar-refractivity contribution in [3.63, 3.8) is 0 Å². The molecule has 0 fully saturated rings. The summed E-state index contributed by atoms with van der Waals surface area (Å²) in [6.45, 7) is 0. The van der Waals surface area contributed by atoms with E-state index in [-0.39, 0.29) is 0 Å². The number of hydrogen-bond acceptors (Lipinski definition) is 6. The molecule has 118 valence electrons. The predicted octanol–water partition coefficient (Wildman–Crippen LogP) is 3.60. The van der Waals surface area contributed by atoms with Crippen LogP contribution in [-0.4, -0.2) is 24.6 Å². The van der Waals surface area contributed by atoms with E-state index < -0.39 is 0 Å². The summed E-state index contributed by atoms with van der Waals surface area (Å²) in [4.78, 5) is 12.6. The first kappa shape index (κ1) is 14.6. The van der Waals surface area contributed by atoms with E-state index in [1.54, 1.807) is 34.9 Å². The second kappa shape index (κ2) is 6.67. The van der Waals surface area contributed by atoms with Crippen LogP contribution in [0.1, 0.15) is 5.56 Å². The molecule has 4 aromatic rings. The summed E-state index contributed by atoms with van der Waals surface area (Å²) in [6.07, 6.45) is 6.95. The molecule has 0 amide bonds. The van der Waals surface area contributed by atoms with Gasteiger partial charge in [0, 0.05) is 29.9 Å². The largest absolute Gasteiger partial charge is 0.455 e. The molecule has 0 radical (unpaired) electrons. The molecule has 0 saturated heterocycles. The van der Waals surface area contributed by atoms with Crippen LogP contribution >= 0.6 is 11.8 Å². The summed E-state index contributed by atoms with van der Waals surface area (Å²) in [5.41, 5.74) is 1.07. The lowest BCUT2D eigenvalue weighted by molar-refractivity contribution is 0.476. The van der Waals surface area contributed by atoms with Gasteiger partial charge in [0.25, 0.3) is 5.78 Å². The zero-order chi connectivity index (χ0) is 16.2. The lowest BCUT2D eigenvalue weighted by Gasteiger charge is -2.09. The molecule has 4 rings (SSSR count). The molecule has 0 saturated carbocycles. The number of aromatic nitrogens is 5. The fraction of sp³-hybridized carbons (Fsp3) is 0.0588. The maximum Gasteiger partial charge on any atom is 0.253 e. The minimum absolute atomic E-state index is 0.597. The first-order valence-electron chi connectivity index (χ1n) is 7.34. The van der Waals surface area contributed by atoms with E-state index >= 15 is 0 Å². The van der Waals surface area contributed by atoms with Crippen molar-refractivity contribution in [3.05, 3.63) is 72.8 Å². The first-order valence-corrected chi connectivity index (χ1v) is 8.33. The summed E-state index contributed by atoms with van der Waals surface area (Å²) in [5, 5.41) is 5.08. The van der Waals surface area contributed by atoms with Crippen molar-refractivity contribution in [2.24, 2.45) is 0 Å². The van der Waals surface area contributed by atoms with Gasteiger partial charge in [-0.25, -0.2) is 9.50 Å². The van der Waals surface area contributed by atoms with Gasteiger partial charge in [0.2, 0.25) is 5.16 Å². The van der Waals surface area contributed by atoms with Crippen molar-refractivity contribution < 1.29 is 4.74 Å². The van der Waals surface area contributed by atoms with Crippen LogP contribution in [0.15, 0.2) is 72.4 Å². The van der Waals surface area contributed by atoms with Gasteiger partial charge in [0.05, 0.1) is 6.20 Å². The highest BCUT2D eigenvalue weighted by Crippen LogP contribution is 2.29. The summed E-state index contributed by atoms with van der Waals surface area (Å²) >= 11 is 1.55. The van der Waals surface area contributed by atoms with Crippen LogP contribution in [0.25, 0.3) is 5.78 Å². The van der Waals surface area contributed by atoms with Crippen LogP contribution in [0.3, 0.4) is 0 Å². The summed E-state index contributed by atoms with van der Waals surface area (Å²) < 4.78 is 7.59. The highest BCUT2D eigenvalue weighted by atomic mass is 32.2. The topological polar surface area (TPSA) is 65.2 Å². The predicted molar refractivity (Wildman–Crippen MR) is 91.1 cm³/mol. The van der Waals surface area contributed by atoms with Gasteiger partial charge in [-0.3, -0.25) is 4.98 Å². The number of para-hydroxylation sites is 1. The van der Waals surface area contributed by atoms with E-state index in [1.165, 1.54) is 0 Å². The average Bonchev–Trinajstić information content (AvgIpc) is 3.05. The Balaban J connectivity index is 1.52. The van der Waals surface area contributed by atoms with E-state index in [9.17, 15) is 0 Å². The third-order valence-corrected chi connectivity index (χ3v) is 4.18. The number of benzene rings is 1. The van der Waals surface area contributed by atoms with Crippen LogP contribution in [0.4, 0.5) is 0 Å². The zero-order valence-electron chi connectivity index (χ0n) is 12.6. The SMILES string of the molecule is c1cncc(Oc2ccccc2CSc2nc3ncccn3n2)c1. The Labute approximate surface area is 142 Å². The molecule has 1 aromatic carbocycles. The monoisotopic (exact) mass is 335 g/mol. The molecule has 6 nitrogen and oxygen atoms in total. The van der Waals surface area contributed by atoms with Gasteiger partial charge in [-0.05, 0) is 24.3 Å². The lowest BCUT2D eigenvalue weighted by Crippen LogP contribution is -1.91. The molecule has 7 heteroatoms. The summed E-state index contributed by atoms with van der Waals surface area (Å²) in [7, 11) is 0. The highest BCUT2D eigenvalue weighted by Gasteiger charge is 2.09. The minimum atomic E-state index is 0.597. The van der Waals surface area contributed by atoms with Crippen LogP contribution in [0, 0.1) is 0 Å². The van der Waals surface area contributed by atoms with E-state index in [4.69, 9.17) is 4.74 Å². The second-order valence-electron chi connectivity index (χ2n) is 4.95. The standard InChI is InChI=1S/C17H13N5OS/c1-2-7-15(23-14-6-3-8-18-11-14)13(5-1)12-24-17-20-16-19-9-4-10-22(16)21-17/h1-11H,12H2. The van der Waals surface area contributed by atoms with Crippen LogP contribution in [0.5, 0.6) is 11.5 Å². The molecule has 0 unspecified atom stereocenters. The van der Waals surface area contributed by atoms with Crippen molar-refractivity contribution in [3.8, 4) is 11.5 Å². The molecule has 0 spiro atoms. The molecular weight excluding hydrogens is 322 g/mol. The third kappa shape index (κ3) is 3.21. The van der Waals surface area contributed by atoms with Crippen molar-refractivity contribution in [2.75, 3.05) is 0 Å². The normalized spacial score (nSPS) is 10.8. The molecule has 0 atom stereocenters. The first-order chi connectivity index (χ1) is 11.9. The van der Waals surface area contributed by atoms with Gasteiger partial charge < -0.3 is 4.74 Å². The van der Waals surface area contributed by atoms with Crippen LogP contribution < -0.4 is 4.74 Å². The van der Waals surface area contributed by atoms with Gasteiger partial charge in [-0.1, -0.05) is 30.0 Å². The molecule has 24 heavy (non-hydrogen) atoms. The fourth-order valence-corrected chi connectivity index (χ4v) is 2.99. The van der Waals surface area contributed by atoms with Gasteiger partial charge in [-0.2, -0.15) is 4.98 Å². The quantitative estimate of drug-likeness (QED) is 0.519. The lowest BCUT2D eigenvalue weighted by atomic mass is 10.2. The fourth-order valence-electron chi connectivity index (χ4n) is 2.17. The number of rotatable bonds is 5. The third-order valence-electron chi connectivity index (χ3n) is 3.29. The Morgan fingerprint density at radius 2 is 2.00 bits per heavy atom. The Morgan fingerprint density at radius 1 is 1.04 bits per heavy atom. The molecular formula is C17H13N5OS. The van der Waals surface area contributed by atoms with Gasteiger partial charge >= 0.3 is 0 Å². The molecule has 0 aliphatic heterocycles. The molecule has 3 heterocycles. The van der Waals surface area contributed by atoms with Crippen molar-refractivity contribution >= 4 is 17.5 Å². The molecule has 0 aliphatic carbocycles. The zero-order valence-corrected chi connectivity index (χ0v) is 13.4. The van der Waals surface area contributed by atoms with Crippen molar-refractivity contribution in [1.29, 1.82) is 0 Å². The number of pyridine rings is 1. The second-order valence-corrected chi connectivity index (χ2v) is 5.89. The van der Waals surface area contributed by atoms with Crippen molar-refractivity contribution in [2.45, 2.75) is 10.9 Å². The Morgan fingerprint density at radius 3 is 2.88 bits per heavy atom. The van der Waals surface area contributed by atoms with E-state index in [0.717, 1.165) is 11.3 Å². The minimum Gasteiger partial charge on any atom is -0.455 e. The van der Waals surface area contributed by atoms with Crippen LogP contribution in [-0.2, 0) is 5.75 Å². The highest BCUT2D eigenvalue weighted by molar-refractivity contribution is 7.98. The van der Waals surface area contributed by atoms with E-state index in [2.05, 4.69) is 20.1 Å². The van der Waals surface area contributed by atoms with Crippen LogP contribution in [0.2, 0.25) is 0 Å². The van der Waals surface area contributed by atoms with E-state index in [1.807, 2.05) is 48.7 Å². The van der Waals surface area contributed by atoms with Gasteiger partial charge in [0.1, 0.15) is 11.5 Å². The number of hydrogen-bond donors (Lipinski definition) is 0. The number of nitrogens with zero attached hydrogens (tertiary/aromatic N) is 5. The Bertz CT molecular complexity index is 924. The average molecular weight is 335 g/mol. The molecule has 3 aromatic heterocycles. The molecule has 0 bridgehead atoms. The Hall–Kier alpha value is -2.93. The van der Waals surface area contributed by atoms with Crippen molar-refractivity contribution in [1.82, 2.24) is 24.6 Å². The van der Waals surface area contributed by atoms with Gasteiger partial charge in [0.15, 0.2) is 0 Å². The maximum atomic E-state index is 5.92. The summed E-state index contributed by atoms with van der Waals surface area (Å²) in [6, 6.07) is 13.5. The number of thioether (sulfide) groups is 1. The number of ether oxygens (including phenoxy) is 1. The molecule has 0 aliphatic rings. The van der Waals surface area contributed by atoms with Gasteiger partial charge in [-0.15, -0.1) is 5.10 Å². The summed E-state index contributed by atoms with van der Waals surface area (Å²) in [5.74, 6) is 2.82. The smallest absolute Gasteiger partial charge is 0.253 e. The van der Waals surface area contributed by atoms with E-state index in [0.29, 0.717) is 22.4 Å². The number of fused-ring (bicyclic) bond motifs is 1. The Kier molecular flexibility index (Phi) is 4.07.